The maximum Gasteiger partial charge on any atom is 0.271 e. The van der Waals surface area contributed by atoms with Gasteiger partial charge in [0.05, 0.1) is 16.4 Å². The molecule has 0 heterocycles. The van der Waals surface area contributed by atoms with Crippen molar-refractivity contribution in [1.82, 2.24) is 4.31 Å². The molecule has 1 N–H and O–H groups in total. The molecule has 0 fully saturated rings. The highest BCUT2D eigenvalue weighted by atomic mass is 32.2. The molecular formula is C19H23N3O5S. The van der Waals surface area contributed by atoms with Crippen LogP contribution in [0.15, 0.2) is 47.4 Å². The molecule has 150 valence electrons. The number of hydrogen-bond acceptors (Lipinski definition) is 6. The van der Waals surface area contributed by atoms with Gasteiger partial charge in [-0.05, 0) is 36.8 Å². The highest BCUT2D eigenvalue weighted by Crippen LogP contribution is 2.22. The minimum Gasteiger partial charge on any atom is -0.377 e. The van der Waals surface area contributed by atoms with Crippen molar-refractivity contribution in [3.05, 3.63) is 63.7 Å². The Bertz CT molecular complexity index is 968. The Hall–Kier alpha value is -2.78. The van der Waals surface area contributed by atoms with Crippen molar-refractivity contribution in [3.8, 4) is 0 Å². The molecule has 0 aliphatic rings. The molecule has 2 rings (SSSR count). The molecular weight excluding hydrogens is 382 g/mol. The number of non-ortho nitro benzene ring substituents is 1. The number of carbonyl (C=O) groups excluding carboxylic acids is 1. The summed E-state index contributed by atoms with van der Waals surface area (Å²) in [5, 5.41) is 13.8. The number of Topliss-reactive ketones (excluding diaryl/α,β-unsaturated/α-hetero) is 1. The minimum absolute atomic E-state index is 0.0634. The number of ketones is 1. The first kappa shape index (κ1) is 21.5. The molecule has 9 heteroatoms. The lowest BCUT2D eigenvalue weighted by molar-refractivity contribution is -0.384. The fraction of sp³-hybridized carbons (Fsp3) is 0.316. The predicted molar refractivity (Wildman–Crippen MR) is 107 cm³/mol. The average molecular weight is 405 g/mol. The number of carbonyl (C=O) groups is 1. The predicted octanol–water partition coefficient (Wildman–Crippen LogP) is 3.23. The van der Waals surface area contributed by atoms with E-state index in [0.717, 1.165) is 5.56 Å². The molecule has 0 radical (unpaired) electrons. The van der Waals surface area contributed by atoms with E-state index in [1.165, 1.54) is 40.7 Å². The van der Waals surface area contributed by atoms with E-state index in [9.17, 15) is 23.3 Å². The van der Waals surface area contributed by atoms with Gasteiger partial charge in [0.25, 0.3) is 5.69 Å². The summed E-state index contributed by atoms with van der Waals surface area (Å²) in [6, 6.07) is 10.2. The van der Waals surface area contributed by atoms with Gasteiger partial charge in [-0.3, -0.25) is 14.9 Å². The van der Waals surface area contributed by atoms with Crippen LogP contribution in [0.3, 0.4) is 0 Å². The van der Waals surface area contributed by atoms with Crippen LogP contribution < -0.4 is 5.32 Å². The Balaban J connectivity index is 2.12. The van der Waals surface area contributed by atoms with Crippen molar-refractivity contribution in [2.24, 2.45) is 0 Å². The Morgan fingerprint density at radius 1 is 1.11 bits per heavy atom. The zero-order valence-corrected chi connectivity index (χ0v) is 16.8. The van der Waals surface area contributed by atoms with Crippen molar-refractivity contribution in [1.29, 1.82) is 0 Å². The summed E-state index contributed by atoms with van der Waals surface area (Å²) in [4.78, 5) is 22.9. The third-order valence-electron chi connectivity index (χ3n) is 4.39. The zero-order chi connectivity index (χ0) is 20.9. The van der Waals surface area contributed by atoms with E-state index in [1.54, 1.807) is 26.8 Å². The second-order valence-electron chi connectivity index (χ2n) is 6.15. The van der Waals surface area contributed by atoms with Gasteiger partial charge in [0.1, 0.15) is 0 Å². The Kier molecular flexibility index (Phi) is 6.87. The fourth-order valence-corrected chi connectivity index (χ4v) is 4.17. The first-order valence-electron chi connectivity index (χ1n) is 8.83. The van der Waals surface area contributed by atoms with Gasteiger partial charge in [-0.15, -0.1) is 0 Å². The van der Waals surface area contributed by atoms with Gasteiger partial charge in [0.15, 0.2) is 5.78 Å². The van der Waals surface area contributed by atoms with Gasteiger partial charge >= 0.3 is 0 Å². The van der Waals surface area contributed by atoms with Crippen molar-refractivity contribution < 1.29 is 18.1 Å². The molecule has 28 heavy (non-hydrogen) atoms. The number of nitrogens with zero attached hydrogens (tertiary/aromatic N) is 2. The lowest BCUT2D eigenvalue weighted by atomic mass is 10.1. The number of benzene rings is 2. The molecule has 0 aromatic heterocycles. The lowest BCUT2D eigenvalue weighted by Crippen LogP contribution is -2.30. The van der Waals surface area contributed by atoms with Crippen molar-refractivity contribution in [2.45, 2.75) is 25.7 Å². The summed E-state index contributed by atoms with van der Waals surface area (Å²) < 4.78 is 26.3. The van der Waals surface area contributed by atoms with Crippen molar-refractivity contribution in [2.75, 3.05) is 25.0 Å². The SMILES string of the molecule is CCN(CC)S(=O)(=O)c1ccc(C(=O)CNc2cc([N+](=O)[O-])ccc2C)cc1. The van der Waals surface area contributed by atoms with Crippen LogP contribution in [0, 0.1) is 17.0 Å². The summed E-state index contributed by atoms with van der Waals surface area (Å²) in [5.41, 5.74) is 1.57. The van der Waals surface area contributed by atoms with Gasteiger partial charge in [0.2, 0.25) is 10.0 Å². The average Bonchev–Trinajstić information content (AvgIpc) is 2.67. The maximum absolute atomic E-state index is 12.5. The summed E-state index contributed by atoms with van der Waals surface area (Å²) in [6.45, 7) is 5.98. The van der Waals surface area contributed by atoms with E-state index < -0.39 is 14.9 Å². The normalized spacial score (nSPS) is 11.4. The van der Waals surface area contributed by atoms with E-state index >= 15 is 0 Å². The summed E-state index contributed by atoms with van der Waals surface area (Å²) in [7, 11) is -3.57. The van der Waals surface area contributed by atoms with Crippen molar-refractivity contribution in [3.63, 3.8) is 0 Å². The molecule has 0 saturated heterocycles. The van der Waals surface area contributed by atoms with Crippen LogP contribution >= 0.6 is 0 Å². The second-order valence-corrected chi connectivity index (χ2v) is 8.08. The smallest absolute Gasteiger partial charge is 0.271 e. The first-order valence-corrected chi connectivity index (χ1v) is 10.3. The number of aryl methyl sites for hydroxylation is 1. The molecule has 0 atom stereocenters. The molecule has 0 aliphatic carbocycles. The van der Waals surface area contributed by atoms with E-state index in [2.05, 4.69) is 5.32 Å². The Labute approximate surface area is 164 Å². The molecule has 0 amide bonds. The topological polar surface area (TPSA) is 110 Å². The Morgan fingerprint density at radius 3 is 2.25 bits per heavy atom. The van der Waals surface area contributed by atoms with Gasteiger partial charge in [-0.25, -0.2) is 8.42 Å². The number of rotatable bonds is 9. The first-order chi connectivity index (χ1) is 13.2. The maximum atomic E-state index is 12.5. The van der Waals surface area contributed by atoms with Crippen LogP contribution in [0.2, 0.25) is 0 Å². The zero-order valence-electron chi connectivity index (χ0n) is 16.0. The third-order valence-corrected chi connectivity index (χ3v) is 6.45. The highest BCUT2D eigenvalue weighted by molar-refractivity contribution is 7.89. The van der Waals surface area contributed by atoms with Crippen LogP contribution in [0.25, 0.3) is 0 Å². The molecule has 0 saturated carbocycles. The van der Waals surface area contributed by atoms with Gasteiger partial charge in [-0.1, -0.05) is 19.9 Å². The van der Waals surface area contributed by atoms with Crippen LogP contribution in [0.1, 0.15) is 29.8 Å². The standard InChI is InChI=1S/C19H23N3O5S/c1-4-21(5-2)28(26,27)17-10-7-15(8-11-17)19(23)13-20-18-12-16(22(24)25)9-6-14(18)3/h6-12,20H,4-5,13H2,1-3H3. The van der Waals surface area contributed by atoms with Crippen LogP contribution in [0.4, 0.5) is 11.4 Å². The monoisotopic (exact) mass is 405 g/mol. The molecule has 2 aromatic carbocycles. The number of sulfonamides is 1. The van der Waals surface area contributed by atoms with E-state index in [0.29, 0.717) is 24.3 Å². The summed E-state index contributed by atoms with van der Waals surface area (Å²) in [5.74, 6) is -0.252. The quantitative estimate of drug-likeness (QED) is 0.390. The fourth-order valence-electron chi connectivity index (χ4n) is 2.72. The Morgan fingerprint density at radius 2 is 1.71 bits per heavy atom. The molecule has 0 aliphatic heterocycles. The number of hydrogen-bond donors (Lipinski definition) is 1. The van der Waals surface area contributed by atoms with Gasteiger partial charge in [-0.2, -0.15) is 4.31 Å². The molecule has 0 bridgehead atoms. The van der Waals surface area contributed by atoms with Crippen LogP contribution in [-0.2, 0) is 10.0 Å². The molecule has 2 aromatic rings. The lowest BCUT2D eigenvalue weighted by Gasteiger charge is -2.18. The van der Waals surface area contributed by atoms with Crippen LogP contribution in [-0.4, -0.2) is 43.1 Å². The second kappa shape index (κ2) is 8.94. The minimum atomic E-state index is -3.57. The number of anilines is 1. The van der Waals surface area contributed by atoms with E-state index in [-0.39, 0.29) is 22.9 Å². The largest absolute Gasteiger partial charge is 0.377 e. The summed E-state index contributed by atoms with van der Waals surface area (Å²) in [6.07, 6.45) is 0. The van der Waals surface area contributed by atoms with Crippen LogP contribution in [0.5, 0.6) is 0 Å². The van der Waals surface area contributed by atoms with E-state index in [1.807, 2.05) is 0 Å². The number of nitro groups is 1. The van der Waals surface area contributed by atoms with Crippen molar-refractivity contribution >= 4 is 27.2 Å². The number of nitrogens with one attached hydrogen (secondary N) is 1. The highest BCUT2D eigenvalue weighted by Gasteiger charge is 2.21. The molecule has 0 spiro atoms. The molecule has 8 nitrogen and oxygen atoms in total. The van der Waals surface area contributed by atoms with Gasteiger partial charge < -0.3 is 5.32 Å². The number of nitro benzene ring substituents is 1. The van der Waals surface area contributed by atoms with E-state index in [4.69, 9.17) is 0 Å². The third kappa shape index (κ3) is 4.73. The summed E-state index contributed by atoms with van der Waals surface area (Å²) >= 11 is 0. The van der Waals surface area contributed by atoms with Gasteiger partial charge in [0, 0.05) is 36.5 Å². The molecule has 0 unspecified atom stereocenters.